The summed E-state index contributed by atoms with van der Waals surface area (Å²) in [6.07, 6.45) is 9.56. The SMILES string of the molecule is CN1C=C(c2cc(S(C)(=O)=O)ccc2OCC2CC2)c2cc(-c3cnn(C)c3)ccc2C1. The molecule has 1 saturated carbocycles. The van der Waals surface area contributed by atoms with Gasteiger partial charge in [-0.2, -0.15) is 5.10 Å². The van der Waals surface area contributed by atoms with E-state index in [4.69, 9.17) is 4.74 Å². The first-order valence-corrected chi connectivity index (χ1v) is 12.7. The Balaban J connectivity index is 1.64. The van der Waals surface area contributed by atoms with Crippen LogP contribution in [0.4, 0.5) is 0 Å². The summed E-state index contributed by atoms with van der Waals surface area (Å²) >= 11 is 0. The van der Waals surface area contributed by atoms with Crippen LogP contribution in [0.15, 0.2) is 59.9 Å². The number of aryl methyl sites for hydroxylation is 1. The van der Waals surface area contributed by atoms with Crippen LogP contribution in [-0.2, 0) is 23.4 Å². The molecule has 0 unspecified atom stereocenters. The second kappa shape index (κ2) is 7.81. The zero-order chi connectivity index (χ0) is 22.5. The van der Waals surface area contributed by atoms with Gasteiger partial charge in [0.05, 0.1) is 17.7 Å². The number of fused-ring (bicyclic) bond motifs is 1. The summed E-state index contributed by atoms with van der Waals surface area (Å²) in [5, 5.41) is 4.30. The van der Waals surface area contributed by atoms with Crippen molar-refractivity contribution in [1.82, 2.24) is 14.7 Å². The molecule has 0 spiro atoms. The number of aromatic nitrogens is 2. The third kappa shape index (κ3) is 4.17. The van der Waals surface area contributed by atoms with Gasteiger partial charge in [0, 0.05) is 56.0 Å². The summed E-state index contributed by atoms with van der Waals surface area (Å²) in [5.41, 5.74) is 6.18. The maximum absolute atomic E-state index is 12.3. The molecule has 5 rings (SSSR count). The minimum absolute atomic E-state index is 0.297. The lowest BCUT2D eigenvalue weighted by molar-refractivity contribution is 0.298. The van der Waals surface area contributed by atoms with E-state index in [0.29, 0.717) is 17.4 Å². The number of rotatable bonds is 6. The van der Waals surface area contributed by atoms with E-state index in [1.54, 1.807) is 22.9 Å². The van der Waals surface area contributed by atoms with Gasteiger partial charge in [-0.3, -0.25) is 4.68 Å². The Kier molecular flexibility index (Phi) is 5.08. The topological polar surface area (TPSA) is 64.4 Å². The van der Waals surface area contributed by atoms with Gasteiger partial charge < -0.3 is 9.64 Å². The minimum atomic E-state index is -3.35. The molecule has 0 bridgehead atoms. The lowest BCUT2D eigenvalue weighted by atomic mass is 9.89. The van der Waals surface area contributed by atoms with E-state index < -0.39 is 9.84 Å². The first-order chi connectivity index (χ1) is 15.3. The Hall–Kier alpha value is -3.06. The van der Waals surface area contributed by atoms with E-state index in [1.165, 1.54) is 24.7 Å². The average molecular weight is 450 g/mol. The molecule has 0 saturated heterocycles. The van der Waals surface area contributed by atoms with Crippen molar-refractivity contribution in [3.05, 3.63) is 71.7 Å². The molecule has 0 N–H and O–H groups in total. The third-order valence-corrected chi connectivity index (χ3v) is 7.16. The highest BCUT2D eigenvalue weighted by molar-refractivity contribution is 7.90. The van der Waals surface area contributed by atoms with Crippen molar-refractivity contribution in [1.29, 1.82) is 0 Å². The van der Waals surface area contributed by atoms with Crippen molar-refractivity contribution >= 4 is 15.4 Å². The minimum Gasteiger partial charge on any atom is -0.493 e. The maximum atomic E-state index is 12.3. The summed E-state index contributed by atoms with van der Waals surface area (Å²) in [6, 6.07) is 11.6. The van der Waals surface area contributed by atoms with Crippen molar-refractivity contribution in [3.8, 4) is 16.9 Å². The summed E-state index contributed by atoms with van der Waals surface area (Å²) < 4.78 is 32.6. The van der Waals surface area contributed by atoms with Crippen LogP contribution in [0.1, 0.15) is 29.5 Å². The van der Waals surface area contributed by atoms with Crippen LogP contribution in [0.5, 0.6) is 5.75 Å². The molecule has 32 heavy (non-hydrogen) atoms. The predicted molar refractivity (Wildman–Crippen MR) is 125 cm³/mol. The van der Waals surface area contributed by atoms with Gasteiger partial charge in [-0.15, -0.1) is 0 Å². The lowest BCUT2D eigenvalue weighted by Crippen LogP contribution is -2.18. The fourth-order valence-corrected chi connectivity index (χ4v) is 4.75. The van der Waals surface area contributed by atoms with Crippen molar-refractivity contribution in [2.75, 3.05) is 19.9 Å². The molecule has 1 fully saturated rings. The molecule has 3 aromatic rings. The van der Waals surface area contributed by atoms with Crippen LogP contribution >= 0.6 is 0 Å². The van der Waals surface area contributed by atoms with E-state index in [-0.39, 0.29) is 0 Å². The number of hydrogen-bond acceptors (Lipinski definition) is 5. The van der Waals surface area contributed by atoms with Gasteiger partial charge in [-0.05, 0) is 59.7 Å². The van der Waals surface area contributed by atoms with E-state index in [2.05, 4.69) is 34.4 Å². The zero-order valence-electron chi connectivity index (χ0n) is 18.6. The summed E-state index contributed by atoms with van der Waals surface area (Å²) in [5.74, 6) is 1.33. The lowest BCUT2D eigenvalue weighted by Gasteiger charge is -2.27. The van der Waals surface area contributed by atoms with Gasteiger partial charge in [0.25, 0.3) is 0 Å². The Morgan fingerprint density at radius 3 is 2.56 bits per heavy atom. The highest BCUT2D eigenvalue weighted by atomic mass is 32.2. The smallest absolute Gasteiger partial charge is 0.175 e. The molecule has 2 aliphatic rings. The molecule has 2 heterocycles. The Labute approximate surface area is 189 Å². The van der Waals surface area contributed by atoms with Gasteiger partial charge in [-0.25, -0.2) is 8.42 Å². The van der Waals surface area contributed by atoms with Gasteiger partial charge >= 0.3 is 0 Å². The number of hydrogen-bond donors (Lipinski definition) is 0. The Morgan fingerprint density at radius 1 is 1.06 bits per heavy atom. The van der Waals surface area contributed by atoms with Crippen LogP contribution in [0.2, 0.25) is 0 Å². The van der Waals surface area contributed by atoms with Gasteiger partial charge in [-0.1, -0.05) is 12.1 Å². The van der Waals surface area contributed by atoms with E-state index >= 15 is 0 Å². The summed E-state index contributed by atoms with van der Waals surface area (Å²) in [4.78, 5) is 2.42. The van der Waals surface area contributed by atoms with E-state index in [1.807, 2.05) is 26.5 Å². The molecule has 0 amide bonds. The molecule has 1 aromatic heterocycles. The van der Waals surface area contributed by atoms with Crippen LogP contribution in [0.3, 0.4) is 0 Å². The van der Waals surface area contributed by atoms with Crippen LogP contribution < -0.4 is 4.74 Å². The van der Waals surface area contributed by atoms with Gasteiger partial charge in [0.2, 0.25) is 0 Å². The molecule has 166 valence electrons. The first kappa shape index (κ1) is 20.8. The van der Waals surface area contributed by atoms with Crippen LogP contribution in [-0.4, -0.2) is 43.0 Å². The average Bonchev–Trinajstić information content (AvgIpc) is 3.49. The number of nitrogens with zero attached hydrogens (tertiary/aromatic N) is 3. The van der Waals surface area contributed by atoms with Crippen molar-refractivity contribution in [3.63, 3.8) is 0 Å². The molecule has 7 heteroatoms. The van der Waals surface area contributed by atoms with E-state index in [9.17, 15) is 8.42 Å². The molecular formula is C25H27N3O3S. The zero-order valence-corrected chi connectivity index (χ0v) is 19.4. The Bertz CT molecular complexity index is 1320. The largest absolute Gasteiger partial charge is 0.493 e. The molecule has 1 aliphatic carbocycles. The summed E-state index contributed by atoms with van der Waals surface area (Å²) in [6.45, 7) is 1.45. The Morgan fingerprint density at radius 2 is 1.88 bits per heavy atom. The fourth-order valence-electron chi connectivity index (χ4n) is 4.10. The van der Waals surface area contributed by atoms with Gasteiger partial charge in [0.15, 0.2) is 9.84 Å². The van der Waals surface area contributed by atoms with Crippen molar-refractivity contribution in [2.45, 2.75) is 24.3 Å². The molecule has 0 radical (unpaired) electrons. The highest BCUT2D eigenvalue weighted by Gasteiger charge is 2.25. The van der Waals surface area contributed by atoms with Crippen LogP contribution in [0, 0.1) is 5.92 Å². The quantitative estimate of drug-likeness (QED) is 0.567. The van der Waals surface area contributed by atoms with Gasteiger partial charge in [0.1, 0.15) is 5.75 Å². The van der Waals surface area contributed by atoms with Crippen molar-refractivity contribution in [2.24, 2.45) is 13.0 Å². The second-order valence-electron chi connectivity index (χ2n) is 8.92. The number of sulfone groups is 1. The number of ether oxygens (including phenoxy) is 1. The standard InChI is InChI=1S/C25H27N3O3S/c1-27-13-19-7-6-18(20-12-26-28(2)14-20)10-22(19)24(15-27)23-11-21(32(3,29)30)8-9-25(23)31-16-17-4-5-17/h6-12,14-15,17H,4-5,13,16H2,1-3H3. The monoisotopic (exact) mass is 449 g/mol. The highest BCUT2D eigenvalue weighted by Crippen LogP contribution is 2.40. The molecule has 6 nitrogen and oxygen atoms in total. The number of benzene rings is 2. The second-order valence-corrected chi connectivity index (χ2v) is 10.9. The van der Waals surface area contributed by atoms with Crippen LogP contribution in [0.25, 0.3) is 16.7 Å². The predicted octanol–water partition coefficient (Wildman–Crippen LogP) is 4.11. The molecular weight excluding hydrogens is 422 g/mol. The fraction of sp³-hybridized carbons (Fsp3) is 0.320. The van der Waals surface area contributed by atoms with Crippen molar-refractivity contribution < 1.29 is 13.2 Å². The normalized spacial score (nSPS) is 16.0. The molecule has 1 aliphatic heterocycles. The van der Waals surface area contributed by atoms with E-state index in [0.717, 1.165) is 40.1 Å². The first-order valence-electron chi connectivity index (χ1n) is 10.8. The molecule has 0 atom stereocenters. The third-order valence-electron chi connectivity index (χ3n) is 6.05. The maximum Gasteiger partial charge on any atom is 0.175 e. The summed E-state index contributed by atoms with van der Waals surface area (Å²) in [7, 11) is 0.590. The molecule has 2 aromatic carbocycles.